The molecule has 5 heteroatoms. The van der Waals surface area contributed by atoms with Crippen LogP contribution in [0.1, 0.15) is 18.1 Å². The fraction of sp³-hybridized carbons (Fsp3) is 0.0526. The average Bonchev–Trinajstić information content (AvgIpc) is 2.55. The van der Waals surface area contributed by atoms with Crippen LogP contribution < -0.4 is 4.74 Å². The minimum atomic E-state index is -0.983. The monoisotopic (exact) mass is 326 g/mol. The average molecular weight is 326 g/mol. The van der Waals surface area contributed by atoms with Gasteiger partial charge in [0.1, 0.15) is 11.5 Å². The van der Waals surface area contributed by atoms with Gasteiger partial charge in [-0.05, 0) is 41.5 Å². The Balaban J connectivity index is 0.000000240. The number of rotatable bonds is 4. The van der Waals surface area contributed by atoms with Gasteiger partial charge in [-0.15, -0.1) is 0 Å². The molecule has 5 nitrogen and oxygen atoms in total. The Labute approximate surface area is 140 Å². The summed E-state index contributed by atoms with van der Waals surface area (Å²) in [6, 6.07) is 13.4. The van der Waals surface area contributed by atoms with E-state index in [2.05, 4.69) is 6.58 Å². The Kier molecular flexibility index (Phi) is 7.51. The molecule has 2 aromatic carbocycles. The lowest BCUT2D eigenvalue weighted by atomic mass is 10.2. The van der Waals surface area contributed by atoms with E-state index in [1.165, 1.54) is 25.1 Å². The fourth-order valence-corrected chi connectivity index (χ4v) is 1.59. The van der Waals surface area contributed by atoms with Gasteiger partial charge in [-0.1, -0.05) is 36.9 Å². The number of carboxylic acid groups (broad SMARTS) is 1. The number of esters is 1. The van der Waals surface area contributed by atoms with Crippen molar-refractivity contribution in [2.45, 2.75) is 6.92 Å². The van der Waals surface area contributed by atoms with Crippen molar-refractivity contribution in [3.63, 3.8) is 0 Å². The summed E-state index contributed by atoms with van der Waals surface area (Å²) in [5.74, 6) is -0.556. The number of carbonyl (C=O) groups excluding carboxylic acids is 1. The lowest BCUT2D eigenvalue weighted by molar-refractivity contribution is -0.132. The molecule has 0 unspecified atom stereocenters. The van der Waals surface area contributed by atoms with Crippen LogP contribution in [0.2, 0.25) is 0 Å². The van der Waals surface area contributed by atoms with E-state index in [-0.39, 0.29) is 11.7 Å². The highest BCUT2D eigenvalue weighted by Crippen LogP contribution is 2.12. The maximum absolute atomic E-state index is 10.5. The summed E-state index contributed by atoms with van der Waals surface area (Å²) in [7, 11) is 0. The predicted octanol–water partition coefficient (Wildman–Crippen LogP) is 3.74. The lowest BCUT2D eigenvalue weighted by Crippen LogP contribution is -2.00. The standard InChI is InChI=1S/C10H10O2.C9H8O3/c1-3-9-4-6-10(7-5-9)12-8(2)11;10-8-4-1-7(2-5-8)3-6-9(11)12/h3-7H,1H2,2H3;1-6,10H,(H,11,12). The van der Waals surface area contributed by atoms with E-state index in [4.69, 9.17) is 14.9 Å². The number of phenols is 1. The first kappa shape index (κ1) is 18.7. The summed E-state index contributed by atoms with van der Waals surface area (Å²) in [6.07, 6.45) is 4.24. The van der Waals surface area contributed by atoms with E-state index in [1.54, 1.807) is 30.3 Å². The van der Waals surface area contributed by atoms with E-state index in [0.717, 1.165) is 17.2 Å². The third-order valence-electron chi connectivity index (χ3n) is 2.69. The molecule has 0 amide bonds. The second kappa shape index (κ2) is 9.63. The van der Waals surface area contributed by atoms with Crippen LogP contribution in [-0.4, -0.2) is 22.2 Å². The van der Waals surface area contributed by atoms with Gasteiger partial charge in [-0.2, -0.15) is 0 Å². The maximum atomic E-state index is 10.5. The molecule has 0 atom stereocenters. The van der Waals surface area contributed by atoms with Gasteiger partial charge >= 0.3 is 11.9 Å². The summed E-state index contributed by atoms with van der Waals surface area (Å²) in [5.41, 5.74) is 1.75. The number of carbonyl (C=O) groups is 2. The molecule has 0 saturated heterocycles. The Hall–Kier alpha value is -3.34. The topological polar surface area (TPSA) is 83.8 Å². The second-order valence-electron chi connectivity index (χ2n) is 4.63. The van der Waals surface area contributed by atoms with Gasteiger partial charge in [0.2, 0.25) is 0 Å². The van der Waals surface area contributed by atoms with Crippen molar-refractivity contribution in [2.75, 3.05) is 0 Å². The number of aliphatic carboxylic acids is 1. The van der Waals surface area contributed by atoms with Gasteiger partial charge in [0.05, 0.1) is 0 Å². The van der Waals surface area contributed by atoms with Crippen LogP contribution in [0.5, 0.6) is 11.5 Å². The highest BCUT2D eigenvalue weighted by Gasteiger charge is 1.95. The van der Waals surface area contributed by atoms with Crippen LogP contribution in [0.4, 0.5) is 0 Å². The number of hydrogen-bond acceptors (Lipinski definition) is 4. The van der Waals surface area contributed by atoms with Crippen LogP contribution in [0.15, 0.2) is 61.2 Å². The fourth-order valence-electron chi connectivity index (χ4n) is 1.59. The molecule has 0 fully saturated rings. The zero-order valence-electron chi connectivity index (χ0n) is 13.2. The van der Waals surface area contributed by atoms with Crippen LogP contribution in [-0.2, 0) is 9.59 Å². The number of phenolic OH excluding ortho intramolecular Hbond substituents is 1. The van der Waals surface area contributed by atoms with Crippen molar-refractivity contribution in [1.29, 1.82) is 0 Å². The number of carboxylic acids is 1. The molecule has 0 aliphatic heterocycles. The van der Waals surface area contributed by atoms with Gasteiger partial charge in [0, 0.05) is 13.0 Å². The highest BCUT2D eigenvalue weighted by atomic mass is 16.5. The zero-order chi connectivity index (χ0) is 17.9. The Bertz CT molecular complexity index is 712. The summed E-state index contributed by atoms with van der Waals surface area (Å²) in [5, 5.41) is 17.2. The van der Waals surface area contributed by atoms with E-state index in [1.807, 2.05) is 12.1 Å². The predicted molar refractivity (Wildman–Crippen MR) is 92.6 cm³/mol. The summed E-state index contributed by atoms with van der Waals surface area (Å²) in [4.78, 5) is 20.6. The number of aromatic hydroxyl groups is 1. The maximum Gasteiger partial charge on any atom is 0.328 e. The molecular formula is C19H18O5. The molecule has 0 aliphatic rings. The Morgan fingerprint density at radius 3 is 2.00 bits per heavy atom. The Morgan fingerprint density at radius 1 is 1.00 bits per heavy atom. The van der Waals surface area contributed by atoms with Gasteiger partial charge in [-0.3, -0.25) is 4.79 Å². The van der Waals surface area contributed by atoms with Gasteiger partial charge in [0.15, 0.2) is 0 Å². The highest BCUT2D eigenvalue weighted by molar-refractivity contribution is 5.85. The van der Waals surface area contributed by atoms with Crippen molar-refractivity contribution in [3.05, 3.63) is 72.3 Å². The minimum absolute atomic E-state index is 0.169. The zero-order valence-corrected chi connectivity index (χ0v) is 13.2. The summed E-state index contributed by atoms with van der Waals surface area (Å²) < 4.78 is 4.84. The molecule has 2 rings (SSSR count). The third kappa shape index (κ3) is 7.61. The molecular weight excluding hydrogens is 308 g/mol. The smallest absolute Gasteiger partial charge is 0.328 e. The molecule has 2 aromatic rings. The molecule has 24 heavy (non-hydrogen) atoms. The quantitative estimate of drug-likeness (QED) is 0.508. The number of hydrogen-bond donors (Lipinski definition) is 2. The first-order valence-electron chi connectivity index (χ1n) is 7.01. The summed E-state index contributed by atoms with van der Waals surface area (Å²) >= 11 is 0. The second-order valence-corrected chi connectivity index (χ2v) is 4.63. The third-order valence-corrected chi connectivity index (χ3v) is 2.69. The molecule has 0 spiro atoms. The molecule has 0 aromatic heterocycles. The van der Waals surface area contributed by atoms with Crippen molar-refractivity contribution in [2.24, 2.45) is 0 Å². The van der Waals surface area contributed by atoms with E-state index in [9.17, 15) is 9.59 Å². The number of benzene rings is 2. The molecule has 0 aliphatic carbocycles. The normalized spacial score (nSPS) is 9.71. The van der Waals surface area contributed by atoms with Crippen molar-refractivity contribution in [3.8, 4) is 11.5 Å². The molecule has 0 bridgehead atoms. The summed E-state index contributed by atoms with van der Waals surface area (Å²) in [6.45, 7) is 4.99. The van der Waals surface area contributed by atoms with Gasteiger partial charge in [-0.25, -0.2) is 4.79 Å². The first-order chi connectivity index (χ1) is 11.4. The molecule has 0 radical (unpaired) electrons. The SMILES string of the molecule is C=Cc1ccc(OC(C)=O)cc1.O=C(O)C=Cc1ccc(O)cc1. The Morgan fingerprint density at radius 2 is 1.54 bits per heavy atom. The van der Waals surface area contributed by atoms with Crippen molar-refractivity contribution in [1.82, 2.24) is 0 Å². The van der Waals surface area contributed by atoms with Crippen LogP contribution >= 0.6 is 0 Å². The van der Waals surface area contributed by atoms with Crippen molar-refractivity contribution >= 4 is 24.1 Å². The van der Waals surface area contributed by atoms with E-state index < -0.39 is 5.97 Å². The van der Waals surface area contributed by atoms with Gasteiger partial charge < -0.3 is 14.9 Å². The van der Waals surface area contributed by atoms with Gasteiger partial charge in [0.25, 0.3) is 0 Å². The molecule has 0 saturated carbocycles. The minimum Gasteiger partial charge on any atom is -0.508 e. The van der Waals surface area contributed by atoms with Crippen LogP contribution in [0, 0.1) is 0 Å². The van der Waals surface area contributed by atoms with Crippen LogP contribution in [0.3, 0.4) is 0 Å². The molecule has 0 heterocycles. The van der Waals surface area contributed by atoms with Crippen LogP contribution in [0.25, 0.3) is 12.2 Å². The largest absolute Gasteiger partial charge is 0.508 e. The molecule has 2 N–H and O–H groups in total. The lowest BCUT2D eigenvalue weighted by Gasteiger charge is -1.99. The van der Waals surface area contributed by atoms with E-state index >= 15 is 0 Å². The van der Waals surface area contributed by atoms with E-state index in [0.29, 0.717) is 5.75 Å². The molecule has 124 valence electrons. The first-order valence-corrected chi connectivity index (χ1v) is 7.01. The van der Waals surface area contributed by atoms with Crippen molar-refractivity contribution < 1.29 is 24.5 Å². The number of ether oxygens (including phenoxy) is 1.